The summed E-state index contributed by atoms with van der Waals surface area (Å²) < 4.78 is 2.01. The van der Waals surface area contributed by atoms with Crippen molar-refractivity contribution in [1.82, 2.24) is 9.88 Å². The van der Waals surface area contributed by atoms with Crippen LogP contribution in [0.15, 0.2) is 30.5 Å². The molecule has 1 aromatic carbocycles. The van der Waals surface area contributed by atoms with E-state index in [0.29, 0.717) is 5.92 Å². The van der Waals surface area contributed by atoms with Crippen molar-refractivity contribution in [2.75, 3.05) is 0 Å². The van der Waals surface area contributed by atoms with Crippen molar-refractivity contribution in [2.45, 2.75) is 31.7 Å². The van der Waals surface area contributed by atoms with Gasteiger partial charge in [0.2, 0.25) is 5.91 Å². The van der Waals surface area contributed by atoms with E-state index in [-0.39, 0.29) is 24.8 Å². The second-order valence-corrected chi connectivity index (χ2v) is 6.07. The monoisotopic (exact) mass is 300 g/mol. The molecule has 0 bridgehead atoms. The number of para-hydroxylation sites is 1. The number of nitrogens with one attached hydrogen (secondary N) is 1. The number of benzene rings is 1. The molecule has 116 valence electrons. The van der Waals surface area contributed by atoms with Crippen molar-refractivity contribution in [3.8, 4) is 0 Å². The van der Waals surface area contributed by atoms with Crippen LogP contribution in [0, 0.1) is 5.92 Å². The third kappa shape index (κ3) is 3.13. The van der Waals surface area contributed by atoms with E-state index in [9.17, 15) is 9.59 Å². The van der Waals surface area contributed by atoms with E-state index in [4.69, 9.17) is 5.11 Å². The summed E-state index contributed by atoms with van der Waals surface area (Å²) in [5.41, 5.74) is 2.06. The second kappa shape index (κ2) is 5.83. The van der Waals surface area contributed by atoms with Gasteiger partial charge in [-0.05, 0) is 30.4 Å². The summed E-state index contributed by atoms with van der Waals surface area (Å²) >= 11 is 0. The molecule has 1 fully saturated rings. The fraction of sp³-hybridized carbons (Fsp3) is 0.412. The molecular weight excluding hydrogens is 280 g/mol. The first kappa shape index (κ1) is 14.6. The number of amides is 1. The van der Waals surface area contributed by atoms with Crippen LogP contribution in [-0.2, 0) is 23.1 Å². The van der Waals surface area contributed by atoms with Crippen molar-refractivity contribution < 1.29 is 14.7 Å². The highest BCUT2D eigenvalue weighted by atomic mass is 16.4. The fourth-order valence-corrected chi connectivity index (χ4v) is 3.02. The van der Waals surface area contributed by atoms with E-state index in [1.54, 1.807) is 0 Å². The molecule has 0 unspecified atom stereocenters. The average Bonchev–Trinajstić information content (AvgIpc) is 3.26. The Morgan fingerprint density at radius 3 is 2.77 bits per heavy atom. The number of carbonyl (C=O) groups is 2. The van der Waals surface area contributed by atoms with Crippen LogP contribution in [0.4, 0.5) is 0 Å². The molecule has 22 heavy (non-hydrogen) atoms. The molecule has 1 heterocycles. The maximum Gasteiger partial charge on any atom is 0.305 e. The van der Waals surface area contributed by atoms with E-state index >= 15 is 0 Å². The minimum absolute atomic E-state index is 0.00590. The minimum atomic E-state index is -0.859. The van der Waals surface area contributed by atoms with Gasteiger partial charge in [0.15, 0.2) is 0 Å². The van der Waals surface area contributed by atoms with Crippen LogP contribution in [0.5, 0.6) is 0 Å². The van der Waals surface area contributed by atoms with Gasteiger partial charge < -0.3 is 15.0 Å². The zero-order valence-corrected chi connectivity index (χ0v) is 12.6. The molecule has 2 N–H and O–H groups in total. The molecule has 1 saturated carbocycles. The van der Waals surface area contributed by atoms with Crippen LogP contribution in [-0.4, -0.2) is 27.6 Å². The predicted octanol–water partition coefficient (Wildman–Crippen LogP) is 2.09. The summed E-state index contributed by atoms with van der Waals surface area (Å²) in [6.45, 7) is 0. The third-order valence-electron chi connectivity index (χ3n) is 4.26. The largest absolute Gasteiger partial charge is 0.481 e. The van der Waals surface area contributed by atoms with E-state index in [2.05, 4.69) is 5.32 Å². The number of fused-ring (bicyclic) bond motifs is 1. The summed E-state index contributed by atoms with van der Waals surface area (Å²) in [4.78, 5) is 23.2. The number of hydrogen-bond acceptors (Lipinski definition) is 2. The first-order valence-electron chi connectivity index (χ1n) is 7.58. The molecule has 0 spiro atoms. The van der Waals surface area contributed by atoms with Crippen LogP contribution >= 0.6 is 0 Å². The van der Waals surface area contributed by atoms with Crippen molar-refractivity contribution in [1.29, 1.82) is 0 Å². The topological polar surface area (TPSA) is 71.3 Å². The number of carboxylic acid groups (broad SMARTS) is 1. The first-order chi connectivity index (χ1) is 10.5. The highest BCUT2D eigenvalue weighted by Gasteiger charge is 2.33. The fourth-order valence-electron chi connectivity index (χ4n) is 3.02. The van der Waals surface area contributed by atoms with Crippen LogP contribution in [0.3, 0.4) is 0 Å². The van der Waals surface area contributed by atoms with Crippen molar-refractivity contribution in [3.63, 3.8) is 0 Å². The first-order valence-corrected chi connectivity index (χ1v) is 7.58. The Kier molecular flexibility index (Phi) is 3.88. The quantitative estimate of drug-likeness (QED) is 0.858. The molecule has 0 radical (unpaired) electrons. The number of aliphatic carboxylic acids is 1. The Balaban J connectivity index is 1.71. The summed E-state index contributed by atoms with van der Waals surface area (Å²) in [5.74, 6) is -0.635. The Bertz CT molecular complexity index is 716. The summed E-state index contributed by atoms with van der Waals surface area (Å²) in [6, 6.07) is 7.73. The molecule has 1 aliphatic carbocycles. The number of aromatic nitrogens is 1. The molecule has 5 nitrogen and oxygen atoms in total. The highest BCUT2D eigenvalue weighted by molar-refractivity contribution is 5.89. The normalized spacial score (nSPS) is 15.7. The second-order valence-electron chi connectivity index (χ2n) is 6.07. The van der Waals surface area contributed by atoms with Gasteiger partial charge in [-0.15, -0.1) is 0 Å². The molecule has 1 aromatic heterocycles. The van der Waals surface area contributed by atoms with Gasteiger partial charge >= 0.3 is 5.97 Å². The molecule has 0 saturated heterocycles. The van der Waals surface area contributed by atoms with Crippen molar-refractivity contribution in [3.05, 3.63) is 36.0 Å². The van der Waals surface area contributed by atoms with Crippen LogP contribution in [0.2, 0.25) is 0 Å². The van der Waals surface area contributed by atoms with Gasteiger partial charge in [-0.25, -0.2) is 0 Å². The zero-order chi connectivity index (χ0) is 15.7. The van der Waals surface area contributed by atoms with Crippen LogP contribution in [0.25, 0.3) is 10.9 Å². The van der Waals surface area contributed by atoms with Crippen molar-refractivity contribution >= 4 is 22.8 Å². The lowest BCUT2D eigenvalue weighted by Crippen LogP contribution is -2.38. The summed E-state index contributed by atoms with van der Waals surface area (Å²) in [5, 5.41) is 12.9. The van der Waals surface area contributed by atoms with Gasteiger partial charge in [0, 0.05) is 30.2 Å². The van der Waals surface area contributed by atoms with E-state index in [0.717, 1.165) is 29.3 Å². The van der Waals surface area contributed by atoms with Crippen LogP contribution in [0.1, 0.15) is 24.8 Å². The standard InChI is InChI=1S/C17H20N2O3/c1-19-10-12(13-4-2-3-5-15(13)19)8-16(20)18-14(9-17(21)22)11-6-7-11/h2-5,10-11,14H,6-9H2,1H3,(H,18,20)(H,21,22)/t14-/m0/s1. The van der Waals surface area contributed by atoms with Gasteiger partial charge in [-0.2, -0.15) is 0 Å². The molecular formula is C17H20N2O3. The number of rotatable bonds is 6. The zero-order valence-electron chi connectivity index (χ0n) is 12.6. The SMILES string of the molecule is Cn1cc(CC(=O)N[C@@H](CC(=O)O)C2CC2)c2ccccc21. The van der Waals surface area contributed by atoms with Gasteiger partial charge in [-0.1, -0.05) is 18.2 Å². The Morgan fingerprint density at radius 2 is 2.09 bits per heavy atom. The molecule has 3 rings (SSSR count). The van der Waals surface area contributed by atoms with E-state index < -0.39 is 5.97 Å². The average molecular weight is 300 g/mol. The number of carboxylic acids is 1. The summed E-state index contributed by atoms with van der Waals surface area (Å²) in [7, 11) is 1.96. The Hall–Kier alpha value is -2.30. The highest BCUT2D eigenvalue weighted by Crippen LogP contribution is 2.34. The predicted molar refractivity (Wildman–Crippen MR) is 83.5 cm³/mol. The van der Waals surface area contributed by atoms with Gasteiger partial charge in [0.1, 0.15) is 0 Å². The lowest BCUT2D eigenvalue weighted by Gasteiger charge is -2.16. The van der Waals surface area contributed by atoms with E-state index in [1.165, 1.54) is 0 Å². The molecule has 2 aromatic rings. The number of aryl methyl sites for hydroxylation is 1. The molecule has 1 atom stereocenters. The molecule has 5 heteroatoms. The number of nitrogens with zero attached hydrogens (tertiary/aromatic N) is 1. The van der Waals surface area contributed by atoms with Gasteiger partial charge in [0.25, 0.3) is 0 Å². The smallest absolute Gasteiger partial charge is 0.305 e. The molecule has 1 amide bonds. The maximum absolute atomic E-state index is 12.3. The van der Waals surface area contributed by atoms with Crippen molar-refractivity contribution in [2.24, 2.45) is 13.0 Å². The summed E-state index contributed by atoms with van der Waals surface area (Å²) in [6.07, 6.45) is 4.27. The lowest BCUT2D eigenvalue weighted by atomic mass is 10.1. The minimum Gasteiger partial charge on any atom is -0.481 e. The van der Waals surface area contributed by atoms with E-state index in [1.807, 2.05) is 42.1 Å². The van der Waals surface area contributed by atoms with Crippen LogP contribution < -0.4 is 5.32 Å². The van der Waals surface area contributed by atoms with Gasteiger partial charge in [-0.3, -0.25) is 9.59 Å². The Morgan fingerprint density at radius 1 is 1.36 bits per heavy atom. The maximum atomic E-state index is 12.3. The van der Waals surface area contributed by atoms with Gasteiger partial charge in [0.05, 0.1) is 12.8 Å². The Labute approximate surface area is 128 Å². The number of hydrogen-bond donors (Lipinski definition) is 2. The number of carbonyl (C=O) groups excluding carboxylic acids is 1. The molecule has 1 aliphatic rings. The molecule has 0 aliphatic heterocycles. The lowest BCUT2D eigenvalue weighted by molar-refractivity contribution is -0.137. The third-order valence-corrected chi connectivity index (χ3v) is 4.26.